The smallest absolute Gasteiger partial charge is 0.115 e. The Hall–Kier alpha value is -0.850. The van der Waals surface area contributed by atoms with Crippen LogP contribution in [0.5, 0.6) is 0 Å². The van der Waals surface area contributed by atoms with Crippen molar-refractivity contribution in [3.05, 3.63) is 35.4 Å². The summed E-state index contributed by atoms with van der Waals surface area (Å²) in [6, 6.07) is 8.46. The lowest BCUT2D eigenvalue weighted by molar-refractivity contribution is 0.0513. The zero-order chi connectivity index (χ0) is 11.1. The van der Waals surface area contributed by atoms with Gasteiger partial charge < -0.3 is 0 Å². The van der Waals surface area contributed by atoms with Gasteiger partial charge in [0, 0.05) is 5.92 Å². The van der Waals surface area contributed by atoms with Gasteiger partial charge in [-0.05, 0) is 36.8 Å². The second kappa shape index (κ2) is 3.62. The van der Waals surface area contributed by atoms with E-state index in [0.29, 0.717) is 12.3 Å². The maximum atomic E-state index is 13.8. The molecule has 1 heteroatoms. The molecule has 1 aliphatic rings. The second-order valence-corrected chi connectivity index (χ2v) is 5.19. The summed E-state index contributed by atoms with van der Waals surface area (Å²) in [5.74, 6) is 0.677. The normalized spacial score (nSPS) is 30.3. The average molecular weight is 206 g/mol. The van der Waals surface area contributed by atoms with Crippen molar-refractivity contribution < 1.29 is 4.39 Å². The summed E-state index contributed by atoms with van der Waals surface area (Å²) in [5, 5.41) is 0. The SMILES string of the molecule is CC(C)c1ccc(C2CCC2(C)F)cc1. The van der Waals surface area contributed by atoms with Crippen molar-refractivity contribution in [2.75, 3.05) is 0 Å². The van der Waals surface area contributed by atoms with Crippen molar-refractivity contribution in [3.63, 3.8) is 0 Å². The molecule has 0 bridgehead atoms. The molecule has 1 aliphatic carbocycles. The van der Waals surface area contributed by atoms with Crippen molar-refractivity contribution in [2.24, 2.45) is 0 Å². The zero-order valence-corrected chi connectivity index (χ0v) is 9.76. The number of halogens is 1. The molecule has 82 valence electrons. The molecule has 0 N–H and O–H groups in total. The first-order chi connectivity index (χ1) is 7.00. The number of benzene rings is 1. The summed E-state index contributed by atoms with van der Waals surface area (Å²) in [7, 11) is 0. The molecule has 1 fully saturated rings. The fraction of sp³-hybridized carbons (Fsp3) is 0.571. The van der Waals surface area contributed by atoms with Crippen molar-refractivity contribution in [3.8, 4) is 0 Å². The summed E-state index contributed by atoms with van der Waals surface area (Å²) in [6.07, 6.45) is 1.71. The first-order valence-corrected chi connectivity index (χ1v) is 5.79. The van der Waals surface area contributed by atoms with E-state index in [1.54, 1.807) is 6.92 Å². The maximum Gasteiger partial charge on any atom is 0.115 e. The highest BCUT2D eigenvalue weighted by molar-refractivity contribution is 5.30. The van der Waals surface area contributed by atoms with Crippen LogP contribution < -0.4 is 0 Å². The van der Waals surface area contributed by atoms with E-state index >= 15 is 0 Å². The van der Waals surface area contributed by atoms with Crippen LogP contribution in [-0.2, 0) is 0 Å². The van der Waals surface area contributed by atoms with Crippen LogP contribution in [0, 0.1) is 0 Å². The van der Waals surface area contributed by atoms with Crippen molar-refractivity contribution in [1.82, 2.24) is 0 Å². The van der Waals surface area contributed by atoms with Gasteiger partial charge in [0.05, 0.1) is 0 Å². The van der Waals surface area contributed by atoms with Crippen LogP contribution in [0.1, 0.15) is 56.6 Å². The van der Waals surface area contributed by atoms with Crippen molar-refractivity contribution >= 4 is 0 Å². The van der Waals surface area contributed by atoms with Gasteiger partial charge in [-0.25, -0.2) is 4.39 Å². The Labute approximate surface area is 91.5 Å². The monoisotopic (exact) mass is 206 g/mol. The Kier molecular flexibility index (Phi) is 2.57. The quantitative estimate of drug-likeness (QED) is 0.672. The van der Waals surface area contributed by atoms with Gasteiger partial charge in [0.15, 0.2) is 0 Å². The van der Waals surface area contributed by atoms with Gasteiger partial charge in [-0.1, -0.05) is 38.1 Å². The van der Waals surface area contributed by atoms with E-state index in [1.807, 2.05) is 0 Å². The van der Waals surface area contributed by atoms with Gasteiger partial charge in [0.1, 0.15) is 5.67 Å². The highest BCUT2D eigenvalue weighted by Crippen LogP contribution is 2.48. The number of rotatable bonds is 2. The van der Waals surface area contributed by atoms with Gasteiger partial charge >= 0.3 is 0 Å². The van der Waals surface area contributed by atoms with E-state index in [1.165, 1.54) is 5.56 Å². The number of hydrogen-bond acceptors (Lipinski definition) is 0. The highest BCUT2D eigenvalue weighted by Gasteiger charge is 2.43. The molecule has 2 unspecified atom stereocenters. The van der Waals surface area contributed by atoms with Gasteiger partial charge in [-0.2, -0.15) is 0 Å². The van der Waals surface area contributed by atoms with Gasteiger partial charge in [0.25, 0.3) is 0 Å². The van der Waals surface area contributed by atoms with Crippen molar-refractivity contribution in [2.45, 2.75) is 51.1 Å². The highest BCUT2D eigenvalue weighted by atomic mass is 19.1. The fourth-order valence-corrected chi connectivity index (χ4v) is 2.31. The third-order valence-corrected chi connectivity index (χ3v) is 3.65. The lowest BCUT2D eigenvalue weighted by Crippen LogP contribution is -2.37. The molecular formula is C14H19F. The predicted molar refractivity (Wildman–Crippen MR) is 62.0 cm³/mol. The molecule has 0 saturated heterocycles. The topological polar surface area (TPSA) is 0 Å². The molecule has 2 rings (SSSR count). The van der Waals surface area contributed by atoms with Gasteiger partial charge in [0.2, 0.25) is 0 Å². The molecule has 0 aliphatic heterocycles. The van der Waals surface area contributed by atoms with Crippen molar-refractivity contribution in [1.29, 1.82) is 0 Å². The minimum absolute atomic E-state index is 0.124. The molecule has 1 aromatic carbocycles. The molecule has 0 nitrogen and oxygen atoms in total. The summed E-state index contributed by atoms with van der Waals surface area (Å²) >= 11 is 0. The number of alkyl halides is 1. The number of hydrogen-bond donors (Lipinski definition) is 0. The van der Waals surface area contributed by atoms with Crippen LogP contribution >= 0.6 is 0 Å². The van der Waals surface area contributed by atoms with E-state index in [4.69, 9.17) is 0 Å². The second-order valence-electron chi connectivity index (χ2n) is 5.19. The summed E-state index contributed by atoms with van der Waals surface area (Å²) in [4.78, 5) is 0. The fourth-order valence-electron chi connectivity index (χ4n) is 2.31. The maximum absolute atomic E-state index is 13.8. The molecule has 1 saturated carbocycles. The third kappa shape index (κ3) is 1.92. The van der Waals surface area contributed by atoms with E-state index < -0.39 is 5.67 Å². The standard InChI is InChI=1S/C14H19F/c1-10(2)11-4-6-12(7-5-11)13-8-9-14(13,3)15/h4-7,10,13H,8-9H2,1-3H3. The first kappa shape index (κ1) is 10.7. The van der Waals surface area contributed by atoms with Crippen LogP contribution in [0.25, 0.3) is 0 Å². The minimum atomic E-state index is -0.973. The Morgan fingerprint density at radius 1 is 1.27 bits per heavy atom. The molecule has 0 spiro atoms. The Morgan fingerprint density at radius 2 is 1.87 bits per heavy atom. The molecule has 0 heterocycles. The molecule has 15 heavy (non-hydrogen) atoms. The van der Waals surface area contributed by atoms with Crippen LogP contribution in [0.2, 0.25) is 0 Å². The molecule has 2 atom stereocenters. The molecule has 0 amide bonds. The van der Waals surface area contributed by atoms with E-state index in [0.717, 1.165) is 12.0 Å². The third-order valence-electron chi connectivity index (χ3n) is 3.65. The van der Waals surface area contributed by atoms with Gasteiger partial charge in [-0.15, -0.1) is 0 Å². The Morgan fingerprint density at radius 3 is 2.20 bits per heavy atom. The molecule has 0 radical (unpaired) electrons. The van der Waals surface area contributed by atoms with E-state index in [2.05, 4.69) is 38.1 Å². The van der Waals surface area contributed by atoms with Crippen LogP contribution in [0.3, 0.4) is 0 Å². The summed E-state index contributed by atoms with van der Waals surface area (Å²) < 4.78 is 13.8. The Balaban J connectivity index is 2.17. The minimum Gasteiger partial charge on any atom is -0.244 e. The zero-order valence-electron chi connectivity index (χ0n) is 9.76. The van der Waals surface area contributed by atoms with Crippen LogP contribution in [0.4, 0.5) is 4.39 Å². The average Bonchev–Trinajstić information content (AvgIpc) is 2.17. The predicted octanol–water partition coefficient (Wildman–Crippen LogP) is 4.42. The molecule has 0 aromatic heterocycles. The molecular weight excluding hydrogens is 187 g/mol. The first-order valence-electron chi connectivity index (χ1n) is 5.79. The summed E-state index contributed by atoms with van der Waals surface area (Å²) in [6.45, 7) is 6.08. The lowest BCUT2D eigenvalue weighted by atomic mass is 9.68. The Bertz CT molecular complexity index is 335. The van der Waals surface area contributed by atoms with Crippen LogP contribution in [-0.4, -0.2) is 5.67 Å². The van der Waals surface area contributed by atoms with Gasteiger partial charge in [-0.3, -0.25) is 0 Å². The van der Waals surface area contributed by atoms with E-state index in [-0.39, 0.29) is 5.92 Å². The lowest BCUT2D eigenvalue weighted by Gasteiger charge is -2.40. The summed E-state index contributed by atoms with van der Waals surface area (Å²) in [5.41, 5.74) is 1.52. The van der Waals surface area contributed by atoms with E-state index in [9.17, 15) is 4.39 Å². The molecule has 1 aromatic rings. The largest absolute Gasteiger partial charge is 0.244 e. The van der Waals surface area contributed by atoms with Crippen LogP contribution in [0.15, 0.2) is 24.3 Å².